The number of halogens is 1. The average Bonchev–Trinajstić information content (AvgIpc) is 2.79. The van der Waals surface area contributed by atoms with Gasteiger partial charge in [-0.3, -0.25) is 0 Å². The number of hydrogen-bond acceptors (Lipinski definition) is 4. The minimum atomic E-state index is -1.03. The number of methoxy groups -OCH3 is 1. The van der Waals surface area contributed by atoms with Crippen LogP contribution in [0.15, 0.2) is 24.3 Å². The number of benzene rings is 1. The molecule has 0 radical (unpaired) electrons. The lowest BCUT2D eigenvalue weighted by Gasteiger charge is -2.04. The van der Waals surface area contributed by atoms with Crippen molar-refractivity contribution in [2.24, 2.45) is 0 Å². The SMILES string of the molecule is COC(=O)c1cc(F)cc(-c2sc(C(=O)O)cc2C)c1. The minimum Gasteiger partial charge on any atom is -0.477 e. The molecule has 1 heterocycles. The zero-order valence-corrected chi connectivity index (χ0v) is 11.6. The van der Waals surface area contributed by atoms with E-state index in [1.807, 2.05) is 0 Å². The highest BCUT2D eigenvalue weighted by molar-refractivity contribution is 7.17. The van der Waals surface area contributed by atoms with Crippen molar-refractivity contribution in [1.29, 1.82) is 0 Å². The van der Waals surface area contributed by atoms with Crippen molar-refractivity contribution in [1.82, 2.24) is 0 Å². The van der Waals surface area contributed by atoms with Crippen LogP contribution < -0.4 is 0 Å². The van der Waals surface area contributed by atoms with Crippen molar-refractivity contribution in [3.63, 3.8) is 0 Å². The van der Waals surface area contributed by atoms with Gasteiger partial charge in [0.05, 0.1) is 12.7 Å². The largest absolute Gasteiger partial charge is 0.477 e. The molecule has 0 saturated carbocycles. The Hall–Kier alpha value is -2.21. The van der Waals surface area contributed by atoms with E-state index in [0.29, 0.717) is 16.0 Å². The van der Waals surface area contributed by atoms with Gasteiger partial charge in [-0.25, -0.2) is 14.0 Å². The number of hydrogen-bond donors (Lipinski definition) is 1. The van der Waals surface area contributed by atoms with E-state index < -0.39 is 17.8 Å². The molecule has 0 aliphatic carbocycles. The summed E-state index contributed by atoms with van der Waals surface area (Å²) in [7, 11) is 1.21. The van der Waals surface area contributed by atoms with E-state index in [0.717, 1.165) is 17.4 Å². The van der Waals surface area contributed by atoms with Crippen LogP contribution >= 0.6 is 11.3 Å². The Labute approximate surface area is 118 Å². The molecule has 0 aliphatic heterocycles. The molecule has 20 heavy (non-hydrogen) atoms. The molecule has 0 bridgehead atoms. The molecule has 0 atom stereocenters. The second-order valence-corrected chi connectivity index (χ2v) is 5.20. The number of ether oxygens (including phenoxy) is 1. The quantitative estimate of drug-likeness (QED) is 0.882. The van der Waals surface area contributed by atoms with Crippen molar-refractivity contribution >= 4 is 23.3 Å². The van der Waals surface area contributed by atoms with Crippen LogP contribution in [0.5, 0.6) is 0 Å². The van der Waals surface area contributed by atoms with Crippen LogP contribution in [0.2, 0.25) is 0 Å². The molecular weight excluding hydrogens is 283 g/mol. The van der Waals surface area contributed by atoms with Crippen molar-refractivity contribution in [3.05, 3.63) is 46.1 Å². The third kappa shape index (κ3) is 2.70. The summed E-state index contributed by atoms with van der Waals surface area (Å²) in [6.07, 6.45) is 0. The first-order valence-corrected chi connectivity index (χ1v) is 6.47. The smallest absolute Gasteiger partial charge is 0.345 e. The first-order chi connectivity index (χ1) is 9.42. The highest BCUT2D eigenvalue weighted by Crippen LogP contribution is 2.33. The zero-order valence-electron chi connectivity index (χ0n) is 10.8. The van der Waals surface area contributed by atoms with Crippen LogP contribution in [-0.2, 0) is 4.74 Å². The molecule has 0 saturated heterocycles. The molecule has 0 amide bonds. The van der Waals surface area contributed by atoms with E-state index in [2.05, 4.69) is 4.74 Å². The summed E-state index contributed by atoms with van der Waals surface area (Å²) in [4.78, 5) is 23.2. The Morgan fingerprint density at radius 1 is 1.25 bits per heavy atom. The number of aromatic carboxylic acids is 1. The second-order valence-electron chi connectivity index (χ2n) is 4.15. The normalized spacial score (nSPS) is 10.3. The predicted octanol–water partition coefficient (Wildman–Crippen LogP) is 3.35. The standard InChI is InChI=1S/C14H11FO4S/c1-7-3-11(13(16)17)20-12(7)8-4-9(14(18)19-2)6-10(15)5-8/h3-6H,1-2H3,(H,16,17). The van der Waals surface area contributed by atoms with E-state index in [1.165, 1.54) is 25.3 Å². The average molecular weight is 294 g/mol. The van der Waals surface area contributed by atoms with Crippen LogP contribution in [0.3, 0.4) is 0 Å². The fourth-order valence-electron chi connectivity index (χ4n) is 1.83. The van der Waals surface area contributed by atoms with Gasteiger partial charge >= 0.3 is 11.9 Å². The van der Waals surface area contributed by atoms with Crippen molar-refractivity contribution < 1.29 is 23.8 Å². The maximum absolute atomic E-state index is 13.6. The zero-order chi connectivity index (χ0) is 14.9. The number of rotatable bonds is 3. The third-order valence-electron chi connectivity index (χ3n) is 2.71. The molecule has 2 aromatic rings. The van der Waals surface area contributed by atoms with Crippen LogP contribution in [0, 0.1) is 12.7 Å². The van der Waals surface area contributed by atoms with Crippen LogP contribution in [0.1, 0.15) is 25.6 Å². The van der Waals surface area contributed by atoms with E-state index in [-0.39, 0.29) is 10.4 Å². The Morgan fingerprint density at radius 2 is 1.95 bits per heavy atom. The maximum atomic E-state index is 13.6. The molecule has 4 nitrogen and oxygen atoms in total. The van der Waals surface area contributed by atoms with Crippen molar-refractivity contribution in [2.45, 2.75) is 6.92 Å². The van der Waals surface area contributed by atoms with E-state index in [1.54, 1.807) is 6.92 Å². The number of carbonyl (C=O) groups excluding carboxylic acids is 1. The van der Waals surface area contributed by atoms with Gasteiger partial charge in [-0.05, 0) is 42.3 Å². The lowest BCUT2D eigenvalue weighted by atomic mass is 10.1. The first-order valence-electron chi connectivity index (χ1n) is 5.65. The summed E-state index contributed by atoms with van der Waals surface area (Å²) < 4.78 is 18.1. The fraction of sp³-hybridized carbons (Fsp3) is 0.143. The Balaban J connectivity index is 2.55. The Morgan fingerprint density at radius 3 is 2.50 bits per heavy atom. The van der Waals surface area contributed by atoms with Gasteiger partial charge in [0.1, 0.15) is 10.7 Å². The molecule has 0 aliphatic rings. The molecule has 0 spiro atoms. The number of carbonyl (C=O) groups is 2. The summed E-state index contributed by atoms with van der Waals surface area (Å²) in [5.41, 5.74) is 1.27. The lowest BCUT2D eigenvalue weighted by molar-refractivity contribution is 0.0599. The van der Waals surface area contributed by atoms with Gasteiger partial charge in [0.2, 0.25) is 0 Å². The Kier molecular flexibility index (Phi) is 3.85. The van der Waals surface area contributed by atoms with E-state index in [9.17, 15) is 14.0 Å². The molecule has 2 rings (SSSR count). The molecule has 0 fully saturated rings. The second kappa shape index (κ2) is 5.42. The first kappa shape index (κ1) is 14.2. The Bertz CT molecular complexity index is 690. The summed E-state index contributed by atoms with van der Waals surface area (Å²) in [6, 6.07) is 5.34. The molecule has 1 aromatic carbocycles. The molecule has 0 unspecified atom stereocenters. The highest BCUT2D eigenvalue weighted by Gasteiger charge is 2.15. The highest BCUT2D eigenvalue weighted by atomic mass is 32.1. The molecule has 104 valence electrons. The summed E-state index contributed by atoms with van der Waals surface area (Å²) in [5.74, 6) is -2.25. The molecule has 1 aromatic heterocycles. The number of carboxylic acids is 1. The lowest BCUT2D eigenvalue weighted by Crippen LogP contribution is -2.02. The predicted molar refractivity (Wildman–Crippen MR) is 72.7 cm³/mol. The van der Waals surface area contributed by atoms with Gasteiger partial charge in [0, 0.05) is 4.88 Å². The minimum absolute atomic E-state index is 0.0900. The van der Waals surface area contributed by atoms with E-state index in [4.69, 9.17) is 5.11 Å². The van der Waals surface area contributed by atoms with Crippen LogP contribution in [0.4, 0.5) is 4.39 Å². The summed E-state index contributed by atoms with van der Waals surface area (Å²) >= 11 is 1.04. The molecular formula is C14H11FO4S. The number of thiophene rings is 1. The van der Waals surface area contributed by atoms with Crippen molar-refractivity contribution in [3.8, 4) is 10.4 Å². The topological polar surface area (TPSA) is 63.6 Å². The summed E-state index contributed by atoms with van der Waals surface area (Å²) in [5, 5.41) is 8.97. The van der Waals surface area contributed by atoms with Gasteiger partial charge in [-0.15, -0.1) is 11.3 Å². The van der Waals surface area contributed by atoms with Gasteiger partial charge in [-0.2, -0.15) is 0 Å². The molecule has 1 N–H and O–H groups in total. The summed E-state index contributed by atoms with van der Waals surface area (Å²) in [6.45, 7) is 1.74. The van der Waals surface area contributed by atoms with Crippen LogP contribution in [-0.4, -0.2) is 24.2 Å². The van der Waals surface area contributed by atoms with Gasteiger partial charge in [0.15, 0.2) is 0 Å². The van der Waals surface area contributed by atoms with Crippen LogP contribution in [0.25, 0.3) is 10.4 Å². The maximum Gasteiger partial charge on any atom is 0.345 e. The van der Waals surface area contributed by atoms with Gasteiger partial charge < -0.3 is 9.84 Å². The number of aryl methyl sites for hydroxylation is 1. The fourth-order valence-corrected chi connectivity index (χ4v) is 2.83. The molecule has 6 heteroatoms. The van der Waals surface area contributed by atoms with E-state index >= 15 is 0 Å². The van der Waals surface area contributed by atoms with Gasteiger partial charge in [0.25, 0.3) is 0 Å². The monoisotopic (exact) mass is 294 g/mol. The third-order valence-corrected chi connectivity index (χ3v) is 3.98. The van der Waals surface area contributed by atoms with Crippen molar-refractivity contribution in [2.75, 3.05) is 7.11 Å². The van der Waals surface area contributed by atoms with Gasteiger partial charge in [-0.1, -0.05) is 0 Å². The number of carboxylic acid groups (broad SMARTS) is 1. The number of esters is 1.